The molecule has 4 nitrogen and oxygen atoms in total. The Balaban J connectivity index is 2.13. The van der Waals surface area contributed by atoms with Crippen molar-refractivity contribution in [2.45, 2.75) is 30.3 Å². The van der Waals surface area contributed by atoms with Gasteiger partial charge in [0, 0.05) is 6.04 Å². The molecule has 1 fully saturated rings. The molecule has 94 valence electrons. The maximum absolute atomic E-state index is 12.1. The second-order valence-corrected chi connectivity index (χ2v) is 7.02. The lowest BCUT2D eigenvalue weighted by Gasteiger charge is -2.22. The first kappa shape index (κ1) is 13.0. The van der Waals surface area contributed by atoms with Gasteiger partial charge in [-0.05, 0) is 47.4 Å². The summed E-state index contributed by atoms with van der Waals surface area (Å²) in [7, 11) is -3.29. The topological polar surface area (TPSA) is 59.1 Å². The fourth-order valence-corrected chi connectivity index (χ4v) is 3.95. The minimum Gasteiger partial charge on any atom is -0.313 e. The van der Waals surface area contributed by atoms with Crippen LogP contribution in [0.3, 0.4) is 0 Å². The van der Waals surface area contributed by atoms with Crippen LogP contribution in [0.2, 0.25) is 0 Å². The molecule has 17 heavy (non-hydrogen) atoms. The molecular weight excluding hydrogens is 304 g/mol. The van der Waals surface area contributed by atoms with Crippen molar-refractivity contribution in [1.82, 2.24) is 10.3 Å². The van der Waals surface area contributed by atoms with Crippen molar-refractivity contribution in [2.24, 2.45) is 0 Å². The van der Waals surface area contributed by atoms with Gasteiger partial charge in [0.15, 0.2) is 14.9 Å². The Morgan fingerprint density at radius 1 is 1.41 bits per heavy atom. The summed E-state index contributed by atoms with van der Waals surface area (Å²) in [4.78, 5) is 4.01. The van der Waals surface area contributed by atoms with Crippen molar-refractivity contribution in [2.75, 3.05) is 12.3 Å². The monoisotopic (exact) mass is 318 g/mol. The van der Waals surface area contributed by atoms with Gasteiger partial charge in [-0.1, -0.05) is 12.5 Å². The number of nitrogens with zero attached hydrogens (tertiary/aromatic N) is 1. The van der Waals surface area contributed by atoms with Crippen LogP contribution in [0.15, 0.2) is 27.8 Å². The molecule has 0 spiro atoms. The standard InChI is InChI=1S/C11H15BrN2O2S/c12-10-5-3-6-11(14-10)17(15,16)8-9-4-1-2-7-13-9/h3,5-6,9,13H,1-2,4,7-8H2/t9-/m1/s1. The van der Waals surface area contributed by atoms with Gasteiger partial charge in [0.25, 0.3) is 0 Å². The summed E-state index contributed by atoms with van der Waals surface area (Å²) in [5, 5.41) is 3.39. The Morgan fingerprint density at radius 3 is 2.88 bits per heavy atom. The number of nitrogens with one attached hydrogen (secondary N) is 1. The molecule has 2 heterocycles. The smallest absolute Gasteiger partial charge is 0.197 e. The van der Waals surface area contributed by atoms with Crippen LogP contribution in [-0.4, -0.2) is 31.7 Å². The van der Waals surface area contributed by atoms with E-state index in [2.05, 4.69) is 26.2 Å². The van der Waals surface area contributed by atoms with Gasteiger partial charge in [0.1, 0.15) is 4.60 Å². The lowest BCUT2D eigenvalue weighted by molar-refractivity contribution is 0.423. The second kappa shape index (κ2) is 5.46. The molecule has 1 aromatic rings. The zero-order valence-electron chi connectivity index (χ0n) is 9.39. The summed E-state index contributed by atoms with van der Waals surface area (Å²) < 4.78 is 24.8. The highest BCUT2D eigenvalue weighted by Gasteiger charge is 2.23. The lowest BCUT2D eigenvalue weighted by Crippen LogP contribution is -2.39. The molecule has 0 aromatic carbocycles. The molecular formula is C11H15BrN2O2S. The second-order valence-electron chi connectivity index (χ2n) is 4.23. The zero-order chi connectivity index (χ0) is 12.3. The summed E-state index contributed by atoms with van der Waals surface area (Å²) in [5.74, 6) is 0.135. The van der Waals surface area contributed by atoms with Crippen LogP contribution in [-0.2, 0) is 9.84 Å². The van der Waals surface area contributed by atoms with Crippen molar-refractivity contribution >= 4 is 25.8 Å². The number of rotatable bonds is 3. The molecule has 0 bridgehead atoms. The number of hydrogen-bond acceptors (Lipinski definition) is 4. The van der Waals surface area contributed by atoms with Gasteiger partial charge in [-0.3, -0.25) is 0 Å². The third-order valence-corrected chi connectivity index (χ3v) is 4.99. The number of aromatic nitrogens is 1. The maximum atomic E-state index is 12.1. The van der Waals surface area contributed by atoms with E-state index in [1.807, 2.05) is 0 Å². The molecule has 1 aliphatic heterocycles. The number of hydrogen-bond donors (Lipinski definition) is 1. The van der Waals surface area contributed by atoms with Crippen LogP contribution < -0.4 is 5.32 Å². The molecule has 1 aliphatic rings. The molecule has 1 N–H and O–H groups in total. The summed E-state index contributed by atoms with van der Waals surface area (Å²) in [6, 6.07) is 5.02. The van der Waals surface area contributed by atoms with Gasteiger partial charge in [0.05, 0.1) is 5.75 Å². The van der Waals surface area contributed by atoms with Crippen molar-refractivity contribution in [3.05, 3.63) is 22.8 Å². The third kappa shape index (κ3) is 3.50. The van der Waals surface area contributed by atoms with Crippen LogP contribution in [0.1, 0.15) is 19.3 Å². The van der Waals surface area contributed by atoms with E-state index < -0.39 is 9.84 Å². The van der Waals surface area contributed by atoms with E-state index in [0.29, 0.717) is 4.60 Å². The predicted octanol–water partition coefficient (Wildman–Crippen LogP) is 1.76. The van der Waals surface area contributed by atoms with Gasteiger partial charge < -0.3 is 5.32 Å². The van der Waals surface area contributed by atoms with Crippen molar-refractivity contribution in [3.8, 4) is 0 Å². The number of halogens is 1. The van der Waals surface area contributed by atoms with Crippen LogP contribution in [0.5, 0.6) is 0 Å². The van der Waals surface area contributed by atoms with E-state index in [0.717, 1.165) is 25.8 Å². The van der Waals surface area contributed by atoms with Gasteiger partial charge in [-0.15, -0.1) is 0 Å². The van der Waals surface area contributed by atoms with E-state index in [9.17, 15) is 8.42 Å². The summed E-state index contributed by atoms with van der Waals surface area (Å²) >= 11 is 3.19. The summed E-state index contributed by atoms with van der Waals surface area (Å²) in [5.41, 5.74) is 0. The predicted molar refractivity (Wildman–Crippen MR) is 69.6 cm³/mol. The molecule has 0 saturated carbocycles. The molecule has 0 aliphatic carbocycles. The molecule has 6 heteroatoms. The van der Waals surface area contributed by atoms with Crippen LogP contribution in [0.25, 0.3) is 0 Å². The first-order chi connectivity index (χ1) is 8.08. The van der Waals surface area contributed by atoms with Crippen molar-refractivity contribution < 1.29 is 8.42 Å². The fourth-order valence-electron chi connectivity index (χ4n) is 1.98. The molecule has 0 unspecified atom stereocenters. The van der Waals surface area contributed by atoms with E-state index >= 15 is 0 Å². The quantitative estimate of drug-likeness (QED) is 0.863. The number of piperidine rings is 1. The highest BCUT2D eigenvalue weighted by molar-refractivity contribution is 9.10. The number of pyridine rings is 1. The van der Waals surface area contributed by atoms with Gasteiger partial charge in [-0.2, -0.15) is 0 Å². The van der Waals surface area contributed by atoms with Crippen LogP contribution >= 0.6 is 15.9 Å². The first-order valence-electron chi connectivity index (χ1n) is 5.67. The first-order valence-corrected chi connectivity index (χ1v) is 8.11. The molecule has 0 amide bonds. The van der Waals surface area contributed by atoms with Crippen LogP contribution in [0, 0.1) is 0 Å². The molecule has 0 radical (unpaired) electrons. The van der Waals surface area contributed by atoms with E-state index in [4.69, 9.17) is 0 Å². The Kier molecular flexibility index (Phi) is 4.17. The highest BCUT2D eigenvalue weighted by Crippen LogP contribution is 2.16. The normalized spacial score (nSPS) is 21.4. The van der Waals surface area contributed by atoms with E-state index in [1.54, 1.807) is 18.2 Å². The average Bonchev–Trinajstić information content (AvgIpc) is 2.30. The Labute approximate surface area is 110 Å². The lowest BCUT2D eigenvalue weighted by atomic mass is 10.1. The maximum Gasteiger partial charge on any atom is 0.197 e. The average molecular weight is 319 g/mol. The summed E-state index contributed by atoms with van der Waals surface area (Å²) in [6.45, 7) is 0.909. The van der Waals surface area contributed by atoms with Gasteiger partial charge >= 0.3 is 0 Å². The van der Waals surface area contributed by atoms with E-state index in [1.165, 1.54) is 0 Å². The van der Waals surface area contributed by atoms with E-state index in [-0.39, 0.29) is 16.8 Å². The molecule has 1 aromatic heterocycles. The minimum absolute atomic E-state index is 0.0644. The Bertz CT molecular complexity index is 484. The Morgan fingerprint density at radius 2 is 2.24 bits per heavy atom. The molecule has 1 saturated heterocycles. The number of sulfone groups is 1. The zero-order valence-corrected chi connectivity index (χ0v) is 11.8. The highest BCUT2D eigenvalue weighted by atomic mass is 79.9. The Hall–Kier alpha value is -0.460. The SMILES string of the molecule is O=S(=O)(C[C@H]1CCCCN1)c1cccc(Br)n1. The van der Waals surface area contributed by atoms with Crippen molar-refractivity contribution in [3.63, 3.8) is 0 Å². The fraction of sp³-hybridized carbons (Fsp3) is 0.545. The van der Waals surface area contributed by atoms with Crippen molar-refractivity contribution in [1.29, 1.82) is 0 Å². The van der Waals surface area contributed by atoms with Gasteiger partial charge in [0.2, 0.25) is 0 Å². The molecule has 2 rings (SSSR count). The third-order valence-electron chi connectivity index (χ3n) is 2.84. The summed E-state index contributed by atoms with van der Waals surface area (Å²) in [6.07, 6.45) is 3.15. The van der Waals surface area contributed by atoms with Gasteiger partial charge in [-0.25, -0.2) is 13.4 Å². The molecule has 1 atom stereocenters. The van der Waals surface area contributed by atoms with Crippen LogP contribution in [0.4, 0.5) is 0 Å². The minimum atomic E-state index is -3.29. The largest absolute Gasteiger partial charge is 0.313 e.